The molecule has 0 aliphatic carbocycles. The molecule has 0 atom stereocenters. The molecule has 94 valence electrons. The molecule has 1 N–H and O–H groups in total. The molecule has 0 saturated carbocycles. The number of benzene rings is 2. The molecule has 0 aromatic heterocycles. The maximum Gasteiger partial charge on any atom is 0.125 e. The summed E-state index contributed by atoms with van der Waals surface area (Å²) in [5.41, 5.74) is 1.37. The van der Waals surface area contributed by atoms with Crippen LogP contribution < -0.4 is 5.32 Å². The number of rotatable bonds is 3. The topological polar surface area (TPSA) is 12.0 Å². The zero-order valence-electron chi connectivity index (χ0n) is 9.18. The van der Waals surface area contributed by atoms with Gasteiger partial charge in [-0.3, -0.25) is 0 Å². The molecule has 2 aromatic carbocycles. The summed E-state index contributed by atoms with van der Waals surface area (Å²) in [6.07, 6.45) is 0. The molecule has 0 bridgehead atoms. The Balaban J connectivity index is 2.13. The second-order valence-electron chi connectivity index (χ2n) is 3.71. The highest BCUT2D eigenvalue weighted by Gasteiger charge is 2.04. The summed E-state index contributed by atoms with van der Waals surface area (Å²) in [5.74, 6) is -0.707. The van der Waals surface area contributed by atoms with Crippen LogP contribution in [0.4, 0.5) is 14.5 Å². The van der Waals surface area contributed by atoms with E-state index in [1.807, 2.05) is 0 Å². The summed E-state index contributed by atoms with van der Waals surface area (Å²) in [4.78, 5) is 0. The van der Waals surface area contributed by atoms with E-state index in [1.54, 1.807) is 12.1 Å². The summed E-state index contributed by atoms with van der Waals surface area (Å²) >= 11 is 9.21. The van der Waals surface area contributed by atoms with E-state index in [0.29, 0.717) is 17.3 Å². The fourth-order valence-corrected chi connectivity index (χ4v) is 2.11. The Kier molecular flexibility index (Phi) is 4.19. The van der Waals surface area contributed by atoms with Gasteiger partial charge in [0.25, 0.3) is 0 Å². The Bertz CT molecular complexity index is 575. The van der Waals surface area contributed by atoms with Gasteiger partial charge in [0.2, 0.25) is 0 Å². The van der Waals surface area contributed by atoms with Crippen LogP contribution >= 0.6 is 27.5 Å². The van der Waals surface area contributed by atoms with E-state index < -0.39 is 0 Å². The largest absolute Gasteiger partial charge is 0.380 e. The smallest absolute Gasteiger partial charge is 0.125 e. The van der Waals surface area contributed by atoms with Crippen molar-refractivity contribution in [3.05, 3.63) is 63.1 Å². The first-order chi connectivity index (χ1) is 8.56. The lowest BCUT2D eigenvalue weighted by atomic mass is 10.2. The number of hydrogen-bond acceptors (Lipinski definition) is 1. The molecule has 0 unspecified atom stereocenters. The third-order valence-electron chi connectivity index (χ3n) is 2.41. The SMILES string of the molecule is Fc1ccc(CNc2cc(F)ccc2Br)c(Cl)c1. The Hall–Kier alpha value is -1.13. The van der Waals surface area contributed by atoms with Crippen molar-refractivity contribution in [2.75, 3.05) is 5.32 Å². The van der Waals surface area contributed by atoms with Crippen LogP contribution in [0.3, 0.4) is 0 Å². The van der Waals surface area contributed by atoms with Crippen molar-refractivity contribution in [2.45, 2.75) is 6.54 Å². The monoisotopic (exact) mass is 331 g/mol. The highest BCUT2D eigenvalue weighted by Crippen LogP contribution is 2.25. The van der Waals surface area contributed by atoms with Crippen molar-refractivity contribution >= 4 is 33.2 Å². The lowest BCUT2D eigenvalue weighted by Crippen LogP contribution is -2.01. The second kappa shape index (κ2) is 5.67. The highest BCUT2D eigenvalue weighted by molar-refractivity contribution is 9.10. The molecule has 0 saturated heterocycles. The molecule has 5 heteroatoms. The Morgan fingerprint density at radius 3 is 2.44 bits per heavy atom. The Morgan fingerprint density at radius 2 is 1.72 bits per heavy atom. The lowest BCUT2D eigenvalue weighted by molar-refractivity contribution is 0.627. The van der Waals surface area contributed by atoms with Gasteiger partial charge >= 0.3 is 0 Å². The predicted molar refractivity (Wildman–Crippen MR) is 72.8 cm³/mol. The second-order valence-corrected chi connectivity index (χ2v) is 4.97. The van der Waals surface area contributed by atoms with Gasteiger partial charge in [0.1, 0.15) is 11.6 Å². The Labute approximate surface area is 117 Å². The van der Waals surface area contributed by atoms with Crippen LogP contribution in [0.25, 0.3) is 0 Å². The third kappa shape index (κ3) is 3.21. The van der Waals surface area contributed by atoms with Crippen molar-refractivity contribution in [3.8, 4) is 0 Å². The standard InChI is InChI=1S/C13H9BrClF2N/c14-11-4-3-10(17)6-13(11)18-7-8-1-2-9(16)5-12(8)15/h1-6,18H,7H2. The summed E-state index contributed by atoms with van der Waals surface area (Å²) in [6.45, 7) is 0.390. The van der Waals surface area contributed by atoms with Gasteiger partial charge in [-0.15, -0.1) is 0 Å². The van der Waals surface area contributed by atoms with Gasteiger partial charge in [0, 0.05) is 16.0 Å². The van der Waals surface area contributed by atoms with Crippen LogP contribution in [0.15, 0.2) is 40.9 Å². The molecule has 2 rings (SSSR count). The minimum atomic E-state index is -0.379. The van der Waals surface area contributed by atoms with Gasteiger partial charge in [-0.2, -0.15) is 0 Å². The molecule has 0 aliphatic rings. The summed E-state index contributed by atoms with van der Waals surface area (Å²) < 4.78 is 26.7. The minimum Gasteiger partial charge on any atom is -0.380 e. The highest BCUT2D eigenvalue weighted by atomic mass is 79.9. The minimum absolute atomic E-state index is 0.328. The first-order valence-electron chi connectivity index (χ1n) is 5.19. The molecule has 0 fully saturated rings. The van der Waals surface area contributed by atoms with Gasteiger partial charge in [0.05, 0.1) is 5.69 Å². The van der Waals surface area contributed by atoms with Crippen molar-refractivity contribution < 1.29 is 8.78 Å². The summed E-state index contributed by atoms with van der Waals surface area (Å²) in [7, 11) is 0. The molecule has 1 nitrogen and oxygen atoms in total. The Morgan fingerprint density at radius 1 is 1.06 bits per heavy atom. The number of nitrogens with one attached hydrogen (secondary N) is 1. The van der Waals surface area contributed by atoms with E-state index in [0.717, 1.165) is 10.0 Å². The molecular weight excluding hydrogens is 324 g/mol. The van der Waals surface area contributed by atoms with Crippen molar-refractivity contribution in [1.29, 1.82) is 0 Å². The van der Waals surface area contributed by atoms with Crippen molar-refractivity contribution in [2.24, 2.45) is 0 Å². The summed E-state index contributed by atoms with van der Waals surface area (Å²) in [5, 5.41) is 3.38. The van der Waals surface area contributed by atoms with Crippen molar-refractivity contribution in [3.63, 3.8) is 0 Å². The summed E-state index contributed by atoms with van der Waals surface area (Å²) in [6, 6.07) is 8.53. The molecule has 0 radical (unpaired) electrons. The molecule has 2 aromatic rings. The third-order valence-corrected chi connectivity index (χ3v) is 3.46. The van der Waals surface area contributed by atoms with E-state index in [2.05, 4.69) is 21.2 Å². The van der Waals surface area contributed by atoms with Gasteiger partial charge in [0.15, 0.2) is 0 Å². The fraction of sp³-hybridized carbons (Fsp3) is 0.0769. The first-order valence-corrected chi connectivity index (χ1v) is 6.36. The maximum atomic E-state index is 13.1. The van der Waals surface area contributed by atoms with Gasteiger partial charge in [-0.25, -0.2) is 8.78 Å². The van der Waals surface area contributed by atoms with Crippen LogP contribution in [-0.2, 0) is 6.54 Å². The van der Waals surface area contributed by atoms with Crippen molar-refractivity contribution in [1.82, 2.24) is 0 Å². The molecule has 0 spiro atoms. The molecule has 0 amide bonds. The van der Waals surface area contributed by atoms with Crippen LogP contribution in [0.1, 0.15) is 5.56 Å². The number of halogens is 4. The van der Waals surface area contributed by atoms with Gasteiger partial charge in [-0.1, -0.05) is 17.7 Å². The van der Waals surface area contributed by atoms with Crippen LogP contribution in [0.2, 0.25) is 5.02 Å². The van der Waals surface area contributed by atoms with Crippen LogP contribution in [0, 0.1) is 11.6 Å². The molecule has 0 heterocycles. The maximum absolute atomic E-state index is 13.1. The molecule has 18 heavy (non-hydrogen) atoms. The van der Waals surface area contributed by atoms with E-state index in [-0.39, 0.29) is 11.6 Å². The van der Waals surface area contributed by atoms with Gasteiger partial charge < -0.3 is 5.32 Å². The quantitative estimate of drug-likeness (QED) is 0.834. The van der Waals surface area contributed by atoms with Crippen LogP contribution in [0.5, 0.6) is 0 Å². The average Bonchev–Trinajstić information content (AvgIpc) is 2.32. The zero-order valence-corrected chi connectivity index (χ0v) is 11.5. The molecule has 0 aliphatic heterocycles. The zero-order chi connectivity index (χ0) is 13.1. The normalized spacial score (nSPS) is 10.4. The first kappa shape index (κ1) is 13.3. The number of anilines is 1. The molecular formula is C13H9BrClF2N. The van der Waals surface area contributed by atoms with Crippen LogP contribution in [-0.4, -0.2) is 0 Å². The fourth-order valence-electron chi connectivity index (χ4n) is 1.49. The van der Waals surface area contributed by atoms with E-state index in [9.17, 15) is 8.78 Å². The van der Waals surface area contributed by atoms with E-state index in [4.69, 9.17) is 11.6 Å². The van der Waals surface area contributed by atoms with Gasteiger partial charge in [-0.05, 0) is 51.8 Å². The van der Waals surface area contributed by atoms with E-state index >= 15 is 0 Å². The average molecular weight is 333 g/mol. The lowest BCUT2D eigenvalue weighted by Gasteiger charge is -2.10. The number of hydrogen-bond donors (Lipinski definition) is 1. The predicted octanol–water partition coefficient (Wildman–Crippen LogP) is 4.99. The van der Waals surface area contributed by atoms with E-state index in [1.165, 1.54) is 24.3 Å².